The van der Waals surface area contributed by atoms with Gasteiger partial charge >= 0.3 is 0 Å². The number of quaternary nitrogens is 1. The molecule has 3 rings (SSSR count). The summed E-state index contributed by atoms with van der Waals surface area (Å²) in [5.41, 5.74) is 2.18. The lowest BCUT2D eigenvalue weighted by Crippen LogP contribution is -3.12. The molecule has 0 amide bonds. The standard InChI is InChI=1S/C13H19N3O2S/c1-15-6-8-16(9-7-15)19(17,18)12-3-2-11-4-5-14-13(11)10-12/h2-3,10,14H,4-9H2,1H3/p+1. The molecule has 19 heavy (non-hydrogen) atoms. The Bertz CT molecular complexity index is 578. The average Bonchev–Trinajstić information content (AvgIpc) is 2.86. The van der Waals surface area contributed by atoms with Crippen molar-refractivity contribution < 1.29 is 13.3 Å². The monoisotopic (exact) mass is 282 g/mol. The number of nitrogens with zero attached hydrogens (tertiary/aromatic N) is 1. The minimum Gasteiger partial charge on any atom is -0.384 e. The highest BCUT2D eigenvalue weighted by molar-refractivity contribution is 7.89. The van der Waals surface area contributed by atoms with Crippen molar-refractivity contribution in [3.05, 3.63) is 23.8 Å². The third-order valence-corrected chi connectivity index (χ3v) is 5.90. The molecule has 0 radical (unpaired) electrons. The second-order valence-electron chi connectivity index (χ2n) is 5.36. The van der Waals surface area contributed by atoms with E-state index in [0.29, 0.717) is 18.0 Å². The van der Waals surface area contributed by atoms with Gasteiger partial charge in [0.1, 0.15) is 0 Å². The second kappa shape index (κ2) is 4.77. The SMILES string of the molecule is C[NH+]1CCN(S(=O)(=O)c2ccc3c(c2)NCC3)CC1. The summed E-state index contributed by atoms with van der Waals surface area (Å²) in [7, 11) is -1.23. The Labute approximate surface area is 114 Å². The number of sulfonamides is 1. The summed E-state index contributed by atoms with van der Waals surface area (Å²) in [5.74, 6) is 0. The molecule has 2 N–H and O–H groups in total. The van der Waals surface area contributed by atoms with Crippen molar-refractivity contribution in [2.45, 2.75) is 11.3 Å². The van der Waals surface area contributed by atoms with E-state index in [1.54, 1.807) is 16.4 Å². The molecule has 0 spiro atoms. The predicted molar refractivity (Wildman–Crippen MR) is 74.0 cm³/mol. The van der Waals surface area contributed by atoms with Crippen LogP contribution in [0.2, 0.25) is 0 Å². The third-order valence-electron chi connectivity index (χ3n) is 4.00. The minimum atomic E-state index is -3.33. The van der Waals surface area contributed by atoms with E-state index in [0.717, 1.165) is 31.7 Å². The number of nitrogens with one attached hydrogen (secondary N) is 2. The number of piperazine rings is 1. The van der Waals surface area contributed by atoms with Crippen LogP contribution in [0, 0.1) is 0 Å². The molecule has 0 atom stereocenters. The van der Waals surface area contributed by atoms with Crippen molar-refractivity contribution in [3.8, 4) is 0 Å². The van der Waals surface area contributed by atoms with E-state index < -0.39 is 10.0 Å². The summed E-state index contributed by atoms with van der Waals surface area (Å²) in [4.78, 5) is 1.81. The van der Waals surface area contributed by atoms with Crippen LogP contribution in [0.25, 0.3) is 0 Å². The van der Waals surface area contributed by atoms with Gasteiger partial charge in [-0.3, -0.25) is 0 Å². The lowest BCUT2D eigenvalue weighted by atomic mass is 10.2. The van der Waals surface area contributed by atoms with E-state index in [-0.39, 0.29) is 0 Å². The van der Waals surface area contributed by atoms with Crippen LogP contribution in [0.4, 0.5) is 5.69 Å². The first-order valence-electron chi connectivity index (χ1n) is 6.75. The molecule has 0 aliphatic carbocycles. The van der Waals surface area contributed by atoms with Gasteiger partial charge in [-0.05, 0) is 24.1 Å². The number of benzene rings is 1. The van der Waals surface area contributed by atoms with Crippen LogP contribution in [0.1, 0.15) is 5.56 Å². The second-order valence-corrected chi connectivity index (χ2v) is 7.29. The third kappa shape index (κ3) is 2.35. The van der Waals surface area contributed by atoms with Crippen molar-refractivity contribution in [2.75, 3.05) is 45.1 Å². The molecule has 2 aliphatic heterocycles. The first-order chi connectivity index (χ1) is 9.07. The zero-order chi connectivity index (χ0) is 13.5. The van der Waals surface area contributed by atoms with Crippen LogP contribution in [-0.4, -0.2) is 52.5 Å². The summed E-state index contributed by atoms with van der Waals surface area (Å²) in [5, 5.41) is 3.24. The van der Waals surface area contributed by atoms with E-state index >= 15 is 0 Å². The average molecular weight is 282 g/mol. The Kier molecular flexibility index (Phi) is 3.24. The molecule has 0 bridgehead atoms. The van der Waals surface area contributed by atoms with Crippen LogP contribution in [-0.2, 0) is 16.4 Å². The van der Waals surface area contributed by atoms with E-state index in [2.05, 4.69) is 12.4 Å². The summed E-state index contributed by atoms with van der Waals surface area (Å²) >= 11 is 0. The van der Waals surface area contributed by atoms with Crippen LogP contribution in [0.3, 0.4) is 0 Å². The van der Waals surface area contributed by atoms with Gasteiger partial charge in [0.25, 0.3) is 0 Å². The number of likely N-dealkylation sites (N-methyl/N-ethyl adjacent to an activating group) is 1. The van der Waals surface area contributed by atoms with Gasteiger partial charge in [0.2, 0.25) is 10.0 Å². The number of rotatable bonds is 2. The van der Waals surface area contributed by atoms with Crippen molar-refractivity contribution in [2.24, 2.45) is 0 Å². The first kappa shape index (κ1) is 12.9. The van der Waals surface area contributed by atoms with Crippen LogP contribution < -0.4 is 10.2 Å². The van der Waals surface area contributed by atoms with E-state index in [4.69, 9.17) is 0 Å². The molecule has 0 aromatic heterocycles. The van der Waals surface area contributed by atoms with Crippen molar-refractivity contribution in [1.82, 2.24) is 4.31 Å². The summed E-state index contributed by atoms with van der Waals surface area (Å²) in [6.07, 6.45) is 0.980. The van der Waals surface area contributed by atoms with Crippen LogP contribution in [0.15, 0.2) is 23.1 Å². The van der Waals surface area contributed by atoms with Crippen molar-refractivity contribution >= 4 is 15.7 Å². The van der Waals surface area contributed by atoms with Crippen molar-refractivity contribution in [1.29, 1.82) is 0 Å². The summed E-state index contributed by atoms with van der Waals surface area (Å²) < 4.78 is 26.8. The predicted octanol–water partition coefficient (Wildman–Crippen LogP) is -0.826. The lowest BCUT2D eigenvalue weighted by molar-refractivity contribution is -0.883. The molecule has 0 saturated carbocycles. The van der Waals surface area contributed by atoms with Crippen molar-refractivity contribution in [3.63, 3.8) is 0 Å². The fourth-order valence-electron chi connectivity index (χ4n) is 2.69. The zero-order valence-electron chi connectivity index (χ0n) is 11.1. The topological polar surface area (TPSA) is 53.9 Å². The minimum absolute atomic E-state index is 0.417. The van der Waals surface area contributed by atoms with Gasteiger partial charge in [-0.2, -0.15) is 4.31 Å². The van der Waals surface area contributed by atoms with E-state index in [1.165, 1.54) is 10.5 Å². The van der Waals surface area contributed by atoms with Gasteiger partial charge < -0.3 is 10.2 Å². The Morgan fingerprint density at radius 1 is 1.26 bits per heavy atom. The molecular formula is C13H20N3O2S+. The molecule has 5 nitrogen and oxygen atoms in total. The normalized spacial score (nSPS) is 21.1. The van der Waals surface area contributed by atoms with Gasteiger partial charge in [0.05, 0.1) is 38.1 Å². The number of hydrogen-bond acceptors (Lipinski definition) is 3. The van der Waals surface area contributed by atoms with Gasteiger partial charge in [0.15, 0.2) is 0 Å². The Morgan fingerprint density at radius 3 is 2.74 bits per heavy atom. The molecular weight excluding hydrogens is 262 g/mol. The summed E-state index contributed by atoms with van der Waals surface area (Å²) in [6.45, 7) is 3.87. The fraction of sp³-hybridized carbons (Fsp3) is 0.538. The van der Waals surface area contributed by atoms with Gasteiger partial charge in [0, 0.05) is 12.2 Å². The fourth-order valence-corrected chi connectivity index (χ4v) is 4.16. The Hall–Kier alpha value is -1.11. The van der Waals surface area contributed by atoms with Crippen LogP contribution in [0.5, 0.6) is 0 Å². The molecule has 2 heterocycles. The maximum absolute atomic E-state index is 12.6. The molecule has 1 saturated heterocycles. The van der Waals surface area contributed by atoms with Gasteiger partial charge in [-0.15, -0.1) is 0 Å². The lowest BCUT2D eigenvalue weighted by Gasteiger charge is -2.29. The quantitative estimate of drug-likeness (QED) is 0.745. The molecule has 104 valence electrons. The Morgan fingerprint density at radius 2 is 2.00 bits per heavy atom. The van der Waals surface area contributed by atoms with E-state index in [1.807, 2.05) is 6.07 Å². The molecule has 1 aromatic rings. The number of fused-ring (bicyclic) bond motifs is 1. The highest BCUT2D eigenvalue weighted by Gasteiger charge is 2.29. The smallest absolute Gasteiger partial charge is 0.243 e. The Balaban J connectivity index is 1.88. The molecule has 6 heteroatoms. The van der Waals surface area contributed by atoms with Gasteiger partial charge in [-0.25, -0.2) is 8.42 Å². The van der Waals surface area contributed by atoms with Gasteiger partial charge in [-0.1, -0.05) is 6.07 Å². The highest BCUT2D eigenvalue weighted by atomic mass is 32.2. The highest BCUT2D eigenvalue weighted by Crippen LogP contribution is 2.26. The van der Waals surface area contributed by atoms with Crippen LogP contribution >= 0.6 is 0 Å². The zero-order valence-corrected chi connectivity index (χ0v) is 12.0. The van der Waals surface area contributed by atoms with E-state index in [9.17, 15) is 8.42 Å². The maximum atomic E-state index is 12.6. The largest absolute Gasteiger partial charge is 0.384 e. The number of anilines is 1. The maximum Gasteiger partial charge on any atom is 0.243 e. The molecule has 1 fully saturated rings. The molecule has 0 unspecified atom stereocenters. The number of hydrogen-bond donors (Lipinski definition) is 2. The molecule has 2 aliphatic rings. The first-order valence-corrected chi connectivity index (χ1v) is 8.19. The summed E-state index contributed by atoms with van der Waals surface area (Å²) in [6, 6.07) is 5.46. The molecule has 1 aromatic carbocycles.